The lowest BCUT2D eigenvalue weighted by Crippen LogP contribution is -2.54. The number of ether oxygens (including phenoxy) is 3. The molecule has 0 bridgehead atoms. The van der Waals surface area contributed by atoms with Crippen LogP contribution in [0.3, 0.4) is 0 Å². The Morgan fingerprint density at radius 2 is 1.40 bits per heavy atom. The molecule has 2 atom stereocenters. The molecule has 5 heterocycles. The highest BCUT2D eigenvalue weighted by molar-refractivity contribution is 7.99. The predicted molar refractivity (Wildman–Crippen MR) is 388 cm³/mol. The van der Waals surface area contributed by atoms with E-state index in [1.54, 1.807) is 30.3 Å². The summed E-state index contributed by atoms with van der Waals surface area (Å²) in [5.74, 6) is -2.47. The minimum atomic E-state index is -6.13. The predicted octanol–water partition coefficient (Wildman–Crippen LogP) is 11.9. The number of nitrogens with one attached hydrogen (secondary N) is 5. The zero-order chi connectivity index (χ0) is 73.3. The lowest BCUT2D eigenvalue weighted by Gasteiger charge is -2.37. The van der Waals surface area contributed by atoms with Crippen molar-refractivity contribution in [1.29, 1.82) is 0 Å². The number of alkyl carbamates (subject to hydrolysis) is 1. The molecular weight excluding hydrogens is 1420 g/mol. The van der Waals surface area contributed by atoms with Crippen LogP contribution in [0.1, 0.15) is 84.0 Å². The fourth-order valence-electron chi connectivity index (χ4n) is 13.3. The Labute approximate surface area is 605 Å². The molecule has 0 radical (unpaired) electrons. The number of benzene rings is 6. The Morgan fingerprint density at radius 1 is 0.718 bits per heavy atom. The van der Waals surface area contributed by atoms with Crippen LogP contribution < -0.4 is 35.8 Å². The summed E-state index contributed by atoms with van der Waals surface area (Å²) >= 11 is 7.70. The first-order valence-corrected chi connectivity index (χ1v) is 38.3. The highest BCUT2D eigenvalue weighted by atomic mass is 35.5. The number of aromatic nitrogens is 1. The molecule has 30 heteroatoms. The van der Waals surface area contributed by atoms with Crippen molar-refractivity contribution in [3.63, 3.8) is 0 Å². The minimum Gasteiger partial charge on any atom is -0.446 e. The van der Waals surface area contributed by atoms with Gasteiger partial charge in [-0.3, -0.25) is 34.1 Å². The van der Waals surface area contributed by atoms with Crippen molar-refractivity contribution in [3.05, 3.63) is 167 Å². The molecule has 0 spiro atoms. The highest BCUT2D eigenvalue weighted by Gasteiger charge is 2.49. The van der Waals surface area contributed by atoms with Gasteiger partial charge in [0.25, 0.3) is 31.7 Å². The molecule has 11 rings (SSSR count). The first kappa shape index (κ1) is 75.4. The number of thioether (sulfide) groups is 1. The van der Waals surface area contributed by atoms with Crippen LogP contribution in [-0.2, 0) is 43.7 Å². The maximum Gasteiger partial charge on any atom is 0.501 e. The number of halogens is 5. The molecule has 3 fully saturated rings. The fraction of sp³-hybridized carbons (Fsp3) is 0.384. The summed E-state index contributed by atoms with van der Waals surface area (Å²) in [4.78, 5) is 69.5. The number of carbonyl (C=O) groups excluding carboxylic acids is 5. The third kappa shape index (κ3) is 17.9. The summed E-state index contributed by atoms with van der Waals surface area (Å²) < 4.78 is 136. The number of nitrogens with zero attached hydrogens (tertiary/aromatic N) is 5. The quantitative estimate of drug-likeness (QED) is 0.0126. The number of anilines is 5. The van der Waals surface area contributed by atoms with Gasteiger partial charge in [0, 0.05) is 127 Å². The molecular formula is C73H81ClF4N10O12S3. The maximum absolute atomic E-state index is 15.7. The summed E-state index contributed by atoms with van der Waals surface area (Å²) in [7, 11) is -10.8. The SMILES string of the molecule is Cc1c(-c2cc(F)cc(N3CCN(c4ccc(NS(=O)(=O)c5ccc(N[C@H](CCN6CCC(OC(=O)NCCOCCOCCNc7cccc8c7C(=O)N(C7CCC(=O)NC7=O)C8=O)CC6)CSc6ccccc6)c(S(=O)(=O)C(F)(F)F)c5)cc4)CC3)c2)c(-c2ccc(Cl)cc2)n(C(C)C)c1C. The number of alkyl halides is 3. The van der Waals surface area contributed by atoms with Crippen LogP contribution >= 0.6 is 23.4 Å². The summed E-state index contributed by atoms with van der Waals surface area (Å²) in [5, 5.41) is 11.6. The molecule has 0 saturated carbocycles. The lowest BCUT2D eigenvalue weighted by atomic mass is 9.96. The van der Waals surface area contributed by atoms with E-state index in [-0.39, 0.29) is 86.8 Å². The van der Waals surface area contributed by atoms with E-state index in [1.807, 2.05) is 60.7 Å². The first-order valence-electron chi connectivity index (χ1n) is 34.0. The molecule has 1 unspecified atom stereocenters. The number of piperazine rings is 1. The van der Waals surface area contributed by atoms with Gasteiger partial charge < -0.3 is 49.4 Å². The van der Waals surface area contributed by atoms with E-state index in [0.29, 0.717) is 81.9 Å². The van der Waals surface area contributed by atoms with E-state index in [1.165, 1.54) is 36.0 Å². The Kier molecular flexibility index (Phi) is 24.1. The Morgan fingerprint density at radius 3 is 2.07 bits per heavy atom. The van der Waals surface area contributed by atoms with Gasteiger partial charge in [-0.25, -0.2) is 26.0 Å². The van der Waals surface area contributed by atoms with E-state index in [2.05, 4.69) is 73.0 Å². The minimum absolute atomic E-state index is 0.0112. The van der Waals surface area contributed by atoms with Crippen LogP contribution in [0, 0.1) is 19.7 Å². The molecule has 4 aliphatic rings. The fourth-order valence-corrected chi connectivity index (χ4v) is 16.5. The molecule has 5 amide bonds. The molecule has 7 aromatic rings. The van der Waals surface area contributed by atoms with Crippen molar-refractivity contribution in [1.82, 2.24) is 25.0 Å². The number of sulfonamides is 1. The van der Waals surface area contributed by atoms with Gasteiger partial charge in [0.1, 0.15) is 22.9 Å². The van der Waals surface area contributed by atoms with Crippen LogP contribution in [0.4, 0.5) is 50.8 Å². The number of sulfone groups is 1. The lowest BCUT2D eigenvalue weighted by molar-refractivity contribution is -0.136. The van der Waals surface area contributed by atoms with E-state index in [0.717, 1.165) is 66.9 Å². The zero-order valence-corrected chi connectivity index (χ0v) is 60.4. The number of hydrogen-bond donors (Lipinski definition) is 5. The summed E-state index contributed by atoms with van der Waals surface area (Å²) in [5.41, 5.74) is 1.79. The molecule has 22 nitrogen and oxygen atoms in total. The number of amides is 5. The van der Waals surface area contributed by atoms with Gasteiger partial charge in [-0.15, -0.1) is 11.8 Å². The van der Waals surface area contributed by atoms with Crippen molar-refractivity contribution in [2.24, 2.45) is 0 Å². The third-order valence-corrected chi connectivity index (χ3v) is 23.0. The number of imide groups is 2. The van der Waals surface area contributed by atoms with Crippen LogP contribution in [-0.4, -0.2) is 176 Å². The van der Waals surface area contributed by atoms with Crippen LogP contribution in [0.5, 0.6) is 0 Å². The van der Waals surface area contributed by atoms with Crippen molar-refractivity contribution in [3.8, 4) is 22.4 Å². The van der Waals surface area contributed by atoms with Crippen molar-refractivity contribution in [2.45, 2.75) is 104 Å². The zero-order valence-electron chi connectivity index (χ0n) is 57.2. The van der Waals surface area contributed by atoms with E-state index < -0.39 is 88.8 Å². The average molecular weight is 1500 g/mol. The van der Waals surface area contributed by atoms with Gasteiger partial charge in [-0.05, 0) is 167 Å². The third-order valence-electron chi connectivity index (χ3n) is 18.6. The molecule has 3 saturated heterocycles. The first-order chi connectivity index (χ1) is 49.2. The van der Waals surface area contributed by atoms with E-state index >= 15 is 4.39 Å². The Hall–Kier alpha value is -8.71. The molecule has 103 heavy (non-hydrogen) atoms. The molecule has 548 valence electrons. The normalized spacial score (nSPS) is 16.6. The van der Waals surface area contributed by atoms with Crippen molar-refractivity contribution >= 4 is 101 Å². The van der Waals surface area contributed by atoms with Crippen molar-refractivity contribution in [2.75, 3.05) is 116 Å². The summed E-state index contributed by atoms with van der Waals surface area (Å²) in [6.45, 7) is 13.2. The Balaban J connectivity index is 0.641. The smallest absolute Gasteiger partial charge is 0.446 e. The standard InChI is InChI=1S/C73H81ClF4N10O12S3/c1-46(2)87-48(4)47(3)66(68(87)49-13-15-51(74)16-14-49)50-41-52(75)43-56(42-50)86-35-33-85(34-36-86)55-19-17-53(18-20-55)83-103(96,97)59-21-22-61(64(44-59)102(94,95)73(76,77)78)81-54(45-101-58-9-6-5-7-10-58)25-30-84-31-26-57(27-32-84)100-72(93)80-29-38-99-40-39-98-37-28-79-62-12-8-11-60-67(62)71(92)88(70(60)91)63-23-24-65(89)82-69(63)90/h5-22,41-44,46,54,57,63,79,81,83H,23-40,45H2,1-4H3,(H,80,93)(H,82,89,90)/t54-,63?/m1/s1. The van der Waals surface area contributed by atoms with Crippen LogP contribution in [0.2, 0.25) is 5.02 Å². The monoisotopic (exact) mass is 1500 g/mol. The number of fused-ring (bicyclic) bond motifs is 1. The second-order valence-electron chi connectivity index (χ2n) is 25.8. The van der Waals surface area contributed by atoms with Crippen LogP contribution in [0.15, 0.2) is 148 Å². The van der Waals surface area contributed by atoms with Crippen molar-refractivity contribution < 1.29 is 72.6 Å². The van der Waals surface area contributed by atoms with Gasteiger partial charge in [0.2, 0.25) is 11.8 Å². The number of carbonyl (C=O) groups is 5. The second kappa shape index (κ2) is 33.0. The van der Waals surface area contributed by atoms with E-state index in [4.69, 9.17) is 25.8 Å². The number of piperidine rings is 2. The number of likely N-dealkylation sites (tertiary alicyclic amines) is 1. The summed E-state index contributed by atoms with van der Waals surface area (Å²) in [6.07, 6.45) is 0.327. The average Bonchev–Trinajstić information content (AvgIpc) is 1.66. The van der Waals surface area contributed by atoms with E-state index in [9.17, 15) is 54.0 Å². The summed E-state index contributed by atoms with van der Waals surface area (Å²) in [6, 6.07) is 34.3. The molecule has 5 N–H and O–H groups in total. The van der Waals surface area contributed by atoms with Gasteiger partial charge in [-0.2, -0.15) is 13.2 Å². The van der Waals surface area contributed by atoms with Gasteiger partial charge in [-0.1, -0.05) is 48.0 Å². The highest BCUT2D eigenvalue weighted by Crippen LogP contribution is 2.44. The molecule has 6 aromatic carbocycles. The number of hydrogen-bond acceptors (Lipinski definition) is 18. The van der Waals surface area contributed by atoms with Gasteiger partial charge in [0.15, 0.2) is 0 Å². The molecule has 0 aliphatic carbocycles. The van der Waals surface area contributed by atoms with Crippen LogP contribution in [0.25, 0.3) is 22.4 Å². The maximum atomic E-state index is 15.7. The van der Waals surface area contributed by atoms with Gasteiger partial charge in [0.05, 0.1) is 53.8 Å². The molecule has 1 aromatic heterocycles. The largest absolute Gasteiger partial charge is 0.501 e. The second-order valence-corrected chi connectivity index (χ2v) is 30.9. The molecule has 4 aliphatic heterocycles. The van der Waals surface area contributed by atoms with Gasteiger partial charge >= 0.3 is 11.6 Å². The Bertz CT molecular complexity index is 4480. The topological polar surface area (TPSA) is 259 Å². The number of rotatable bonds is 29.